The smallest absolute Gasteiger partial charge is 0.358 e. The fraction of sp³-hybridized carbons (Fsp3) is 0.769. The minimum Gasteiger partial charge on any atom is -0.476 e. The van der Waals surface area contributed by atoms with E-state index in [1.54, 1.807) is 4.68 Å². The first-order valence-electron chi connectivity index (χ1n) is 7.33. The lowest BCUT2D eigenvalue weighted by Gasteiger charge is -2.35. The molecule has 2 saturated heterocycles. The summed E-state index contributed by atoms with van der Waals surface area (Å²) in [4.78, 5) is 13.3. The molecule has 3 heterocycles. The number of rotatable bonds is 5. The van der Waals surface area contributed by atoms with Gasteiger partial charge in [0, 0.05) is 18.6 Å². The number of nitrogens with zero attached hydrogens (tertiary/aromatic N) is 4. The first-order chi connectivity index (χ1) is 9.72. The van der Waals surface area contributed by atoms with Crippen molar-refractivity contribution in [3.63, 3.8) is 0 Å². The van der Waals surface area contributed by atoms with Gasteiger partial charge in [-0.3, -0.25) is 4.68 Å². The zero-order valence-corrected chi connectivity index (χ0v) is 11.5. The van der Waals surface area contributed by atoms with Crippen molar-refractivity contribution in [1.82, 2.24) is 25.2 Å². The fourth-order valence-electron chi connectivity index (χ4n) is 3.30. The van der Waals surface area contributed by atoms with Crippen molar-refractivity contribution in [3.05, 3.63) is 11.9 Å². The minimum absolute atomic E-state index is 0.00395. The molecular weight excluding hydrogens is 258 g/mol. The first-order valence-corrected chi connectivity index (χ1v) is 7.33. The van der Waals surface area contributed by atoms with E-state index in [1.165, 1.54) is 45.0 Å². The summed E-state index contributed by atoms with van der Waals surface area (Å²) in [7, 11) is 0. The number of piperidine rings is 1. The van der Waals surface area contributed by atoms with E-state index in [-0.39, 0.29) is 5.69 Å². The van der Waals surface area contributed by atoms with Crippen molar-refractivity contribution in [2.24, 2.45) is 0 Å². The van der Waals surface area contributed by atoms with Crippen LogP contribution in [0.3, 0.4) is 0 Å². The van der Waals surface area contributed by atoms with Gasteiger partial charge in [-0.05, 0) is 38.8 Å². The molecule has 0 amide bonds. The van der Waals surface area contributed by atoms with Gasteiger partial charge in [0.15, 0.2) is 5.69 Å². The van der Waals surface area contributed by atoms with Gasteiger partial charge in [-0.25, -0.2) is 4.79 Å². The molecule has 3 rings (SSSR count). The molecule has 0 radical (unpaired) electrons. The maximum Gasteiger partial charge on any atom is 0.358 e. The molecule has 1 aromatic heterocycles. The molecule has 2 aliphatic heterocycles. The summed E-state index contributed by atoms with van der Waals surface area (Å²) in [6.45, 7) is 3.94. The summed E-state index contributed by atoms with van der Waals surface area (Å²) in [5.41, 5.74) is 0.00395. The number of hydrogen-bond donors (Lipinski definition) is 2. The highest BCUT2D eigenvalue weighted by Gasteiger charge is 2.31. The molecule has 0 aliphatic carbocycles. The summed E-state index contributed by atoms with van der Waals surface area (Å²) >= 11 is 0. The number of aromatic nitrogens is 3. The highest BCUT2D eigenvalue weighted by molar-refractivity contribution is 5.84. The van der Waals surface area contributed by atoms with Gasteiger partial charge in [0.05, 0.1) is 12.7 Å². The van der Waals surface area contributed by atoms with Gasteiger partial charge in [0.25, 0.3) is 0 Å². The van der Waals surface area contributed by atoms with Crippen molar-refractivity contribution >= 4 is 5.97 Å². The number of hydrogen-bond acceptors (Lipinski definition) is 5. The second kappa shape index (κ2) is 5.88. The largest absolute Gasteiger partial charge is 0.476 e. The van der Waals surface area contributed by atoms with E-state index in [1.807, 2.05) is 0 Å². The normalized spacial score (nSPS) is 26.6. The lowest BCUT2D eigenvalue weighted by atomic mass is 9.98. The van der Waals surface area contributed by atoms with Crippen LogP contribution in [0.15, 0.2) is 6.20 Å². The van der Waals surface area contributed by atoms with Gasteiger partial charge < -0.3 is 15.3 Å². The molecule has 2 aliphatic rings. The van der Waals surface area contributed by atoms with E-state index in [4.69, 9.17) is 5.11 Å². The van der Waals surface area contributed by atoms with Crippen LogP contribution in [-0.4, -0.2) is 62.7 Å². The van der Waals surface area contributed by atoms with E-state index in [0.29, 0.717) is 12.6 Å². The van der Waals surface area contributed by atoms with Crippen LogP contribution in [0.4, 0.5) is 0 Å². The van der Waals surface area contributed by atoms with E-state index < -0.39 is 5.97 Å². The molecular formula is C13H21N5O2. The monoisotopic (exact) mass is 279 g/mol. The van der Waals surface area contributed by atoms with Gasteiger partial charge in [-0.1, -0.05) is 5.21 Å². The molecule has 1 aromatic rings. The first kappa shape index (κ1) is 13.5. The Hall–Kier alpha value is -1.47. The minimum atomic E-state index is -1.03. The molecule has 0 saturated carbocycles. The van der Waals surface area contributed by atoms with E-state index in [2.05, 4.69) is 20.5 Å². The summed E-state index contributed by atoms with van der Waals surface area (Å²) in [6.07, 6.45) is 6.59. The average Bonchev–Trinajstić information content (AvgIpc) is 3.06. The molecule has 0 aromatic carbocycles. The van der Waals surface area contributed by atoms with Crippen LogP contribution in [0.25, 0.3) is 0 Å². The zero-order chi connectivity index (χ0) is 13.9. The number of fused-ring (bicyclic) bond motifs is 1. The van der Waals surface area contributed by atoms with Gasteiger partial charge in [0.2, 0.25) is 0 Å². The zero-order valence-electron chi connectivity index (χ0n) is 11.5. The van der Waals surface area contributed by atoms with Crippen LogP contribution in [0.2, 0.25) is 0 Å². The van der Waals surface area contributed by atoms with Crippen LogP contribution in [-0.2, 0) is 6.54 Å². The Balaban J connectivity index is 1.42. The molecule has 7 nitrogen and oxygen atoms in total. The average molecular weight is 279 g/mol. The Morgan fingerprint density at radius 1 is 1.45 bits per heavy atom. The second-order valence-electron chi connectivity index (χ2n) is 5.68. The Morgan fingerprint density at radius 2 is 2.35 bits per heavy atom. The highest BCUT2D eigenvalue weighted by atomic mass is 16.4. The molecule has 7 heteroatoms. The van der Waals surface area contributed by atoms with Crippen molar-refractivity contribution < 1.29 is 9.90 Å². The lowest BCUT2D eigenvalue weighted by molar-refractivity contribution is 0.0690. The predicted molar refractivity (Wildman–Crippen MR) is 72.6 cm³/mol. The Morgan fingerprint density at radius 3 is 3.15 bits per heavy atom. The van der Waals surface area contributed by atoms with Crippen LogP contribution in [0.1, 0.15) is 36.2 Å². The molecule has 20 heavy (non-hydrogen) atoms. The van der Waals surface area contributed by atoms with Gasteiger partial charge in [0.1, 0.15) is 0 Å². The number of carboxylic acid groups (broad SMARTS) is 1. The van der Waals surface area contributed by atoms with Crippen molar-refractivity contribution in [1.29, 1.82) is 0 Å². The van der Waals surface area contributed by atoms with Gasteiger partial charge >= 0.3 is 5.97 Å². The van der Waals surface area contributed by atoms with Crippen molar-refractivity contribution in [2.45, 2.75) is 44.3 Å². The topological polar surface area (TPSA) is 83.3 Å². The maximum absolute atomic E-state index is 10.7. The Bertz CT molecular complexity index is 475. The van der Waals surface area contributed by atoms with Crippen molar-refractivity contribution in [3.8, 4) is 0 Å². The fourth-order valence-corrected chi connectivity index (χ4v) is 3.30. The summed E-state index contributed by atoms with van der Waals surface area (Å²) in [5, 5.41) is 19.8. The number of aromatic carboxylic acids is 1. The van der Waals surface area contributed by atoms with E-state index in [9.17, 15) is 4.79 Å². The number of carboxylic acids is 1. The van der Waals surface area contributed by atoms with Crippen LogP contribution in [0.5, 0.6) is 0 Å². The summed E-state index contributed by atoms with van der Waals surface area (Å²) in [5.74, 6) is -1.03. The second-order valence-corrected chi connectivity index (χ2v) is 5.68. The summed E-state index contributed by atoms with van der Waals surface area (Å²) < 4.78 is 1.58. The van der Waals surface area contributed by atoms with E-state index >= 15 is 0 Å². The van der Waals surface area contributed by atoms with Crippen molar-refractivity contribution in [2.75, 3.05) is 19.6 Å². The standard InChI is InChI=1S/C13H21N5O2/c19-13(20)12-9-18(16-15-12)7-4-14-10-3-6-17-5-1-2-11(17)8-10/h9-11,14H,1-8H2,(H,19,20). The lowest BCUT2D eigenvalue weighted by Crippen LogP contribution is -2.46. The highest BCUT2D eigenvalue weighted by Crippen LogP contribution is 2.26. The molecule has 2 unspecified atom stereocenters. The molecule has 2 N–H and O–H groups in total. The maximum atomic E-state index is 10.7. The third-order valence-electron chi connectivity index (χ3n) is 4.35. The number of nitrogens with one attached hydrogen (secondary N) is 1. The van der Waals surface area contributed by atoms with Crippen LogP contribution < -0.4 is 5.32 Å². The van der Waals surface area contributed by atoms with Crippen LogP contribution in [0, 0.1) is 0 Å². The number of carbonyl (C=O) groups is 1. The Labute approximate surface area is 117 Å². The quantitative estimate of drug-likeness (QED) is 0.801. The third kappa shape index (κ3) is 2.99. The summed E-state index contributed by atoms with van der Waals surface area (Å²) in [6, 6.07) is 1.35. The molecule has 0 spiro atoms. The van der Waals surface area contributed by atoms with Crippen LogP contribution >= 0.6 is 0 Å². The van der Waals surface area contributed by atoms with Gasteiger partial charge in [-0.2, -0.15) is 0 Å². The van der Waals surface area contributed by atoms with Gasteiger partial charge in [-0.15, -0.1) is 5.10 Å². The molecule has 2 fully saturated rings. The molecule has 0 bridgehead atoms. The van der Waals surface area contributed by atoms with E-state index in [0.717, 1.165) is 12.6 Å². The Kier molecular flexibility index (Phi) is 3.98. The SMILES string of the molecule is O=C(O)c1cn(CCNC2CCN3CCCC3C2)nn1. The third-order valence-corrected chi connectivity index (χ3v) is 4.35. The molecule has 110 valence electrons. The molecule has 2 atom stereocenters. The predicted octanol–water partition coefficient (Wildman–Crippen LogP) is 0.193.